The lowest BCUT2D eigenvalue weighted by molar-refractivity contribution is 0.0951. The first kappa shape index (κ1) is 17.7. The Morgan fingerprint density at radius 2 is 1.85 bits per heavy atom. The van der Waals surface area contributed by atoms with Gasteiger partial charge in [0.2, 0.25) is 0 Å². The number of hydrogen-bond donors (Lipinski definition) is 2. The molecule has 0 atom stereocenters. The molecule has 2 aromatic carbocycles. The summed E-state index contributed by atoms with van der Waals surface area (Å²) in [6.45, 7) is 5.37. The number of aromatic nitrogens is 2. The van der Waals surface area contributed by atoms with Crippen LogP contribution in [0.2, 0.25) is 0 Å². The molecule has 0 aliphatic heterocycles. The molecule has 26 heavy (non-hydrogen) atoms. The third-order valence-electron chi connectivity index (χ3n) is 3.91. The van der Waals surface area contributed by atoms with Crippen LogP contribution in [-0.4, -0.2) is 22.7 Å². The monoisotopic (exact) mass is 349 g/mol. The predicted molar refractivity (Wildman–Crippen MR) is 102 cm³/mol. The van der Waals surface area contributed by atoms with Crippen LogP contribution in [0.5, 0.6) is 5.75 Å². The molecule has 5 heteroatoms. The quantitative estimate of drug-likeness (QED) is 0.676. The number of rotatable bonds is 7. The maximum absolute atomic E-state index is 12.5. The standard InChI is InChI=1S/C21H23N3O2/c1-15(2)14-26-18-10-8-16(9-11-18)12-22-21(25)19-13-23-24-20(19)17-6-4-3-5-7-17/h3-11,13,15H,12,14H2,1-2H3,(H,22,25)(H,23,24). The van der Waals surface area contributed by atoms with Gasteiger partial charge in [-0.05, 0) is 23.6 Å². The molecule has 1 heterocycles. The molecule has 0 aliphatic carbocycles. The molecular formula is C21H23N3O2. The highest BCUT2D eigenvalue weighted by atomic mass is 16.5. The van der Waals surface area contributed by atoms with Gasteiger partial charge in [0.15, 0.2) is 0 Å². The fourth-order valence-corrected chi connectivity index (χ4v) is 2.53. The molecule has 1 amide bonds. The average molecular weight is 349 g/mol. The third-order valence-corrected chi connectivity index (χ3v) is 3.91. The summed E-state index contributed by atoms with van der Waals surface area (Å²) in [6, 6.07) is 17.5. The van der Waals surface area contributed by atoms with Crippen LogP contribution in [-0.2, 0) is 6.54 Å². The van der Waals surface area contributed by atoms with E-state index >= 15 is 0 Å². The van der Waals surface area contributed by atoms with Crippen molar-refractivity contribution in [2.75, 3.05) is 6.61 Å². The molecular weight excluding hydrogens is 326 g/mol. The molecule has 0 radical (unpaired) electrons. The van der Waals surface area contributed by atoms with Crippen LogP contribution in [0.1, 0.15) is 29.8 Å². The third kappa shape index (κ3) is 4.51. The van der Waals surface area contributed by atoms with Gasteiger partial charge in [0.05, 0.1) is 24.1 Å². The Morgan fingerprint density at radius 1 is 1.12 bits per heavy atom. The van der Waals surface area contributed by atoms with E-state index in [-0.39, 0.29) is 5.91 Å². The average Bonchev–Trinajstić information content (AvgIpc) is 3.16. The summed E-state index contributed by atoms with van der Waals surface area (Å²) in [4.78, 5) is 12.5. The second-order valence-electron chi connectivity index (χ2n) is 6.56. The fourth-order valence-electron chi connectivity index (χ4n) is 2.53. The van der Waals surface area contributed by atoms with Gasteiger partial charge in [-0.15, -0.1) is 0 Å². The van der Waals surface area contributed by atoms with E-state index in [0.717, 1.165) is 22.6 Å². The van der Waals surface area contributed by atoms with Crippen LogP contribution in [0.3, 0.4) is 0 Å². The second kappa shape index (κ2) is 8.34. The van der Waals surface area contributed by atoms with Gasteiger partial charge in [-0.25, -0.2) is 0 Å². The molecule has 0 bridgehead atoms. The summed E-state index contributed by atoms with van der Waals surface area (Å²) in [5.41, 5.74) is 3.20. The minimum atomic E-state index is -0.155. The SMILES string of the molecule is CC(C)COc1ccc(CNC(=O)c2cn[nH]c2-c2ccccc2)cc1. The first-order valence-electron chi connectivity index (χ1n) is 8.72. The van der Waals surface area contributed by atoms with Crippen LogP contribution in [0.4, 0.5) is 0 Å². The zero-order valence-electron chi connectivity index (χ0n) is 15.0. The van der Waals surface area contributed by atoms with Crippen molar-refractivity contribution < 1.29 is 9.53 Å². The first-order valence-corrected chi connectivity index (χ1v) is 8.72. The molecule has 0 aliphatic rings. The van der Waals surface area contributed by atoms with Gasteiger partial charge in [0.25, 0.3) is 5.91 Å². The number of H-pyrrole nitrogens is 1. The summed E-state index contributed by atoms with van der Waals surface area (Å²) in [5, 5.41) is 9.86. The van der Waals surface area contributed by atoms with Crippen LogP contribution in [0, 0.1) is 5.92 Å². The second-order valence-corrected chi connectivity index (χ2v) is 6.56. The molecule has 0 unspecified atom stereocenters. The number of amides is 1. The maximum Gasteiger partial charge on any atom is 0.255 e. The highest BCUT2D eigenvalue weighted by Gasteiger charge is 2.14. The molecule has 1 aromatic heterocycles. The topological polar surface area (TPSA) is 67.0 Å². The van der Waals surface area contributed by atoms with Crippen molar-refractivity contribution in [1.82, 2.24) is 15.5 Å². The molecule has 134 valence electrons. The summed E-state index contributed by atoms with van der Waals surface area (Å²) in [7, 11) is 0. The van der Waals surface area contributed by atoms with Gasteiger partial charge in [-0.3, -0.25) is 9.89 Å². The fraction of sp³-hybridized carbons (Fsp3) is 0.238. The normalized spacial score (nSPS) is 10.7. The number of nitrogens with zero attached hydrogens (tertiary/aromatic N) is 1. The molecule has 5 nitrogen and oxygen atoms in total. The predicted octanol–water partition coefficient (Wildman–Crippen LogP) is 4.04. The molecule has 2 N–H and O–H groups in total. The van der Waals surface area contributed by atoms with Crippen LogP contribution < -0.4 is 10.1 Å². The minimum Gasteiger partial charge on any atom is -0.493 e. The number of carbonyl (C=O) groups is 1. The van der Waals surface area contributed by atoms with Gasteiger partial charge < -0.3 is 10.1 Å². The Bertz CT molecular complexity index is 839. The molecule has 0 spiro atoms. The van der Waals surface area contributed by atoms with Crippen LogP contribution in [0.15, 0.2) is 60.8 Å². The van der Waals surface area contributed by atoms with Crippen molar-refractivity contribution in [3.05, 3.63) is 71.9 Å². The lowest BCUT2D eigenvalue weighted by Crippen LogP contribution is -2.22. The zero-order chi connectivity index (χ0) is 18.4. The van der Waals surface area contributed by atoms with E-state index < -0.39 is 0 Å². The Hall–Kier alpha value is -3.08. The van der Waals surface area contributed by atoms with E-state index in [2.05, 4.69) is 29.4 Å². The van der Waals surface area contributed by atoms with Crippen molar-refractivity contribution >= 4 is 5.91 Å². The molecule has 3 aromatic rings. The zero-order valence-corrected chi connectivity index (χ0v) is 15.0. The molecule has 0 saturated carbocycles. The van der Waals surface area contributed by atoms with Crippen molar-refractivity contribution in [3.8, 4) is 17.0 Å². The van der Waals surface area contributed by atoms with E-state index in [1.54, 1.807) is 6.20 Å². The minimum absolute atomic E-state index is 0.155. The summed E-state index contributed by atoms with van der Waals surface area (Å²) in [6.07, 6.45) is 1.56. The van der Waals surface area contributed by atoms with Gasteiger partial charge in [0.1, 0.15) is 5.75 Å². The Morgan fingerprint density at radius 3 is 2.54 bits per heavy atom. The lowest BCUT2D eigenvalue weighted by Gasteiger charge is -2.10. The Balaban J connectivity index is 1.61. The summed E-state index contributed by atoms with van der Waals surface area (Å²) < 4.78 is 5.67. The van der Waals surface area contributed by atoms with Crippen LogP contribution in [0.25, 0.3) is 11.3 Å². The smallest absolute Gasteiger partial charge is 0.255 e. The van der Waals surface area contributed by atoms with E-state index in [1.165, 1.54) is 0 Å². The molecule has 0 saturated heterocycles. The Kier molecular flexibility index (Phi) is 5.69. The number of hydrogen-bond acceptors (Lipinski definition) is 3. The number of aromatic amines is 1. The van der Waals surface area contributed by atoms with Gasteiger partial charge in [-0.2, -0.15) is 5.10 Å². The van der Waals surface area contributed by atoms with Gasteiger partial charge in [-0.1, -0.05) is 56.3 Å². The maximum atomic E-state index is 12.5. The van der Waals surface area contributed by atoms with E-state index in [9.17, 15) is 4.79 Å². The van der Waals surface area contributed by atoms with Crippen molar-refractivity contribution in [2.24, 2.45) is 5.92 Å². The van der Waals surface area contributed by atoms with Crippen molar-refractivity contribution in [2.45, 2.75) is 20.4 Å². The van der Waals surface area contributed by atoms with E-state index in [0.29, 0.717) is 24.6 Å². The summed E-state index contributed by atoms with van der Waals surface area (Å²) >= 11 is 0. The van der Waals surface area contributed by atoms with Crippen LogP contribution >= 0.6 is 0 Å². The van der Waals surface area contributed by atoms with Crippen molar-refractivity contribution in [3.63, 3.8) is 0 Å². The Labute approximate surface area is 153 Å². The van der Waals surface area contributed by atoms with Crippen molar-refractivity contribution in [1.29, 1.82) is 0 Å². The molecule has 3 rings (SSSR count). The number of nitrogens with one attached hydrogen (secondary N) is 2. The highest BCUT2D eigenvalue weighted by Crippen LogP contribution is 2.20. The largest absolute Gasteiger partial charge is 0.493 e. The van der Waals surface area contributed by atoms with E-state index in [1.807, 2.05) is 54.6 Å². The number of benzene rings is 2. The lowest BCUT2D eigenvalue weighted by atomic mass is 10.1. The van der Waals surface area contributed by atoms with E-state index in [4.69, 9.17) is 4.74 Å². The van der Waals surface area contributed by atoms with Gasteiger partial charge in [0, 0.05) is 12.1 Å². The highest BCUT2D eigenvalue weighted by molar-refractivity contribution is 5.99. The number of ether oxygens (including phenoxy) is 1. The molecule has 0 fully saturated rings. The number of carbonyl (C=O) groups excluding carboxylic acids is 1. The van der Waals surface area contributed by atoms with Gasteiger partial charge >= 0.3 is 0 Å². The summed E-state index contributed by atoms with van der Waals surface area (Å²) in [5.74, 6) is 1.18. The first-order chi connectivity index (χ1) is 12.6.